The molecule has 0 amide bonds. The van der Waals surface area contributed by atoms with E-state index < -0.39 is 30.7 Å². The van der Waals surface area contributed by atoms with Gasteiger partial charge in [0.05, 0.1) is 6.61 Å². The topological polar surface area (TPSA) is 88.4 Å². The average molecular weight is 208 g/mol. The molecule has 0 aromatic rings. The Bertz CT molecular complexity index is 171. The maximum Gasteiger partial charge on any atom is 0.186 e. The van der Waals surface area contributed by atoms with Gasteiger partial charge < -0.3 is 29.5 Å². The van der Waals surface area contributed by atoms with Crippen LogP contribution in [-0.4, -0.2) is 66.9 Å². The Kier molecular flexibility index (Phi) is 4.24. The van der Waals surface area contributed by atoms with Crippen LogP contribution in [0.25, 0.3) is 0 Å². The standard InChI is InChI=1S/C8H16O6/c1-12-4(3-9)7-5(10)6(11)8(13-2)14-7/h4-11H,3H2,1-2H3/t4-,5-,6-,7-,8+/m1/s1. The molecule has 6 nitrogen and oxygen atoms in total. The van der Waals surface area contributed by atoms with E-state index in [9.17, 15) is 10.2 Å². The molecule has 0 aliphatic carbocycles. The second-order valence-electron chi connectivity index (χ2n) is 3.14. The van der Waals surface area contributed by atoms with Gasteiger partial charge in [0.15, 0.2) is 6.29 Å². The van der Waals surface area contributed by atoms with Crippen molar-refractivity contribution < 1.29 is 29.5 Å². The highest BCUT2D eigenvalue weighted by Gasteiger charge is 2.46. The Morgan fingerprint density at radius 3 is 2.29 bits per heavy atom. The summed E-state index contributed by atoms with van der Waals surface area (Å²) in [6.07, 6.45) is -4.55. The summed E-state index contributed by atoms with van der Waals surface area (Å²) in [7, 11) is 2.76. The van der Waals surface area contributed by atoms with E-state index in [1.165, 1.54) is 14.2 Å². The Balaban J connectivity index is 2.63. The van der Waals surface area contributed by atoms with Crippen molar-refractivity contribution in [1.82, 2.24) is 0 Å². The molecule has 5 atom stereocenters. The normalized spacial score (nSPS) is 40.1. The van der Waals surface area contributed by atoms with Gasteiger partial charge in [-0.2, -0.15) is 0 Å². The second-order valence-corrected chi connectivity index (χ2v) is 3.14. The maximum absolute atomic E-state index is 9.55. The highest BCUT2D eigenvalue weighted by molar-refractivity contribution is 4.90. The molecule has 0 radical (unpaired) electrons. The van der Waals surface area contributed by atoms with Crippen molar-refractivity contribution in [3.8, 4) is 0 Å². The van der Waals surface area contributed by atoms with Crippen LogP contribution < -0.4 is 0 Å². The first-order valence-electron chi connectivity index (χ1n) is 4.33. The third-order valence-electron chi connectivity index (χ3n) is 2.34. The van der Waals surface area contributed by atoms with E-state index in [2.05, 4.69) is 0 Å². The summed E-state index contributed by atoms with van der Waals surface area (Å²) in [6.45, 7) is -0.290. The summed E-state index contributed by atoms with van der Waals surface area (Å²) in [5.74, 6) is 0. The van der Waals surface area contributed by atoms with Crippen molar-refractivity contribution >= 4 is 0 Å². The van der Waals surface area contributed by atoms with E-state index >= 15 is 0 Å². The lowest BCUT2D eigenvalue weighted by Crippen LogP contribution is -2.41. The van der Waals surface area contributed by atoms with Gasteiger partial charge in [-0.3, -0.25) is 0 Å². The van der Waals surface area contributed by atoms with Gasteiger partial charge in [-0.05, 0) is 0 Å². The largest absolute Gasteiger partial charge is 0.394 e. The monoisotopic (exact) mass is 208 g/mol. The molecular weight excluding hydrogens is 192 g/mol. The zero-order valence-electron chi connectivity index (χ0n) is 8.16. The van der Waals surface area contributed by atoms with E-state index in [0.717, 1.165) is 0 Å². The SMILES string of the molecule is CO[C@H]1O[C@H]([C@@H](CO)OC)[C@H](O)[C@H]1O. The van der Waals surface area contributed by atoms with Crippen LogP contribution in [0.15, 0.2) is 0 Å². The van der Waals surface area contributed by atoms with Crippen molar-refractivity contribution in [3.63, 3.8) is 0 Å². The lowest BCUT2D eigenvalue weighted by atomic mass is 10.1. The zero-order valence-corrected chi connectivity index (χ0v) is 8.16. The predicted molar refractivity (Wildman–Crippen MR) is 45.6 cm³/mol. The minimum atomic E-state index is -1.12. The van der Waals surface area contributed by atoms with Gasteiger partial charge in [0, 0.05) is 14.2 Å². The second kappa shape index (κ2) is 5.01. The number of ether oxygens (including phenoxy) is 3. The fourth-order valence-corrected chi connectivity index (χ4v) is 1.49. The molecule has 84 valence electrons. The zero-order chi connectivity index (χ0) is 10.7. The first-order valence-corrected chi connectivity index (χ1v) is 4.33. The first-order chi connectivity index (χ1) is 6.65. The van der Waals surface area contributed by atoms with Crippen LogP contribution in [0.4, 0.5) is 0 Å². The highest BCUT2D eigenvalue weighted by atomic mass is 16.7. The molecule has 0 aromatic carbocycles. The lowest BCUT2D eigenvalue weighted by Gasteiger charge is -2.21. The van der Waals surface area contributed by atoms with Gasteiger partial charge in [0.2, 0.25) is 0 Å². The Labute approximate surface area is 82.0 Å². The summed E-state index contributed by atoms with van der Waals surface area (Å²) in [5, 5.41) is 27.9. The summed E-state index contributed by atoms with van der Waals surface area (Å²) in [4.78, 5) is 0. The van der Waals surface area contributed by atoms with Crippen molar-refractivity contribution in [2.45, 2.75) is 30.7 Å². The van der Waals surface area contributed by atoms with Gasteiger partial charge in [0.1, 0.15) is 24.4 Å². The van der Waals surface area contributed by atoms with Gasteiger partial charge in [-0.25, -0.2) is 0 Å². The molecular formula is C8H16O6. The Morgan fingerprint density at radius 1 is 1.29 bits per heavy atom. The van der Waals surface area contributed by atoms with Crippen molar-refractivity contribution in [2.75, 3.05) is 20.8 Å². The van der Waals surface area contributed by atoms with Crippen molar-refractivity contribution in [3.05, 3.63) is 0 Å². The van der Waals surface area contributed by atoms with Crippen LogP contribution >= 0.6 is 0 Å². The molecule has 1 fully saturated rings. The average Bonchev–Trinajstić information content (AvgIpc) is 2.48. The minimum Gasteiger partial charge on any atom is -0.394 e. The summed E-state index contributed by atoms with van der Waals surface area (Å²) in [6, 6.07) is 0. The fourth-order valence-electron chi connectivity index (χ4n) is 1.49. The molecule has 1 heterocycles. The third kappa shape index (κ3) is 2.05. The third-order valence-corrected chi connectivity index (χ3v) is 2.34. The van der Waals surface area contributed by atoms with Gasteiger partial charge in [0.25, 0.3) is 0 Å². The summed E-state index contributed by atoms with van der Waals surface area (Å²) >= 11 is 0. The molecule has 1 aliphatic rings. The van der Waals surface area contributed by atoms with E-state index in [0.29, 0.717) is 0 Å². The van der Waals surface area contributed by atoms with Crippen LogP contribution in [0.3, 0.4) is 0 Å². The van der Waals surface area contributed by atoms with Crippen LogP contribution in [0.1, 0.15) is 0 Å². The number of rotatable bonds is 4. The van der Waals surface area contributed by atoms with Crippen LogP contribution in [0.5, 0.6) is 0 Å². The molecule has 6 heteroatoms. The van der Waals surface area contributed by atoms with E-state index in [1.54, 1.807) is 0 Å². The molecule has 1 rings (SSSR count). The molecule has 3 N–H and O–H groups in total. The summed E-state index contributed by atoms with van der Waals surface area (Å²) < 4.78 is 14.9. The molecule has 1 aliphatic heterocycles. The molecule has 0 spiro atoms. The Hall–Kier alpha value is -0.240. The molecule has 14 heavy (non-hydrogen) atoms. The van der Waals surface area contributed by atoms with E-state index in [-0.39, 0.29) is 6.61 Å². The number of methoxy groups -OCH3 is 2. The number of aliphatic hydroxyl groups is 3. The van der Waals surface area contributed by atoms with Crippen LogP contribution in [-0.2, 0) is 14.2 Å². The number of hydrogen-bond donors (Lipinski definition) is 3. The number of hydrogen-bond acceptors (Lipinski definition) is 6. The smallest absolute Gasteiger partial charge is 0.186 e. The van der Waals surface area contributed by atoms with Gasteiger partial charge in [-0.1, -0.05) is 0 Å². The summed E-state index contributed by atoms with van der Waals surface area (Å²) in [5.41, 5.74) is 0. The molecule has 0 unspecified atom stereocenters. The van der Waals surface area contributed by atoms with Crippen molar-refractivity contribution in [1.29, 1.82) is 0 Å². The quantitative estimate of drug-likeness (QED) is 0.499. The lowest BCUT2D eigenvalue weighted by molar-refractivity contribution is -0.170. The van der Waals surface area contributed by atoms with Gasteiger partial charge in [-0.15, -0.1) is 0 Å². The minimum absolute atomic E-state index is 0.290. The van der Waals surface area contributed by atoms with Crippen LogP contribution in [0, 0.1) is 0 Å². The van der Waals surface area contributed by atoms with Crippen LogP contribution in [0.2, 0.25) is 0 Å². The predicted octanol–water partition coefficient (Wildman–Crippen LogP) is -1.91. The Morgan fingerprint density at radius 2 is 1.93 bits per heavy atom. The number of aliphatic hydroxyl groups excluding tert-OH is 3. The van der Waals surface area contributed by atoms with E-state index in [1.807, 2.05) is 0 Å². The first kappa shape index (κ1) is 11.8. The molecule has 1 saturated heterocycles. The maximum atomic E-state index is 9.55. The van der Waals surface area contributed by atoms with Crippen molar-refractivity contribution in [2.24, 2.45) is 0 Å². The molecule has 0 aromatic heterocycles. The fraction of sp³-hybridized carbons (Fsp3) is 1.00. The molecule has 0 saturated carbocycles. The highest BCUT2D eigenvalue weighted by Crippen LogP contribution is 2.24. The van der Waals surface area contributed by atoms with Gasteiger partial charge >= 0.3 is 0 Å². The van der Waals surface area contributed by atoms with E-state index in [4.69, 9.17) is 19.3 Å². The molecule has 0 bridgehead atoms.